The van der Waals surface area contributed by atoms with E-state index in [-0.39, 0.29) is 11.6 Å². The van der Waals surface area contributed by atoms with E-state index in [0.29, 0.717) is 33.3 Å². The van der Waals surface area contributed by atoms with Crippen LogP contribution in [0.25, 0.3) is 33.8 Å². The van der Waals surface area contributed by atoms with Gasteiger partial charge in [0.2, 0.25) is 11.8 Å². The molecule has 0 aliphatic carbocycles. The number of carbonyl (C=O) groups is 1. The number of hydrogen-bond donors (Lipinski definition) is 3. The predicted molar refractivity (Wildman–Crippen MR) is 141 cm³/mol. The number of halogens is 1. The van der Waals surface area contributed by atoms with E-state index in [1.54, 1.807) is 36.4 Å². The molecule has 2 N–H and O–H groups in total. The lowest BCUT2D eigenvalue weighted by atomic mass is 9.98. The van der Waals surface area contributed by atoms with Crippen molar-refractivity contribution in [2.45, 2.75) is 4.90 Å². The van der Waals surface area contributed by atoms with Crippen molar-refractivity contribution in [3.63, 3.8) is 0 Å². The number of anilines is 1. The summed E-state index contributed by atoms with van der Waals surface area (Å²) in [6.07, 6.45) is 0. The van der Waals surface area contributed by atoms with Gasteiger partial charge in [0.1, 0.15) is 11.4 Å². The van der Waals surface area contributed by atoms with Crippen molar-refractivity contribution >= 4 is 36.0 Å². The molecule has 172 valence electrons. The van der Waals surface area contributed by atoms with E-state index >= 15 is 0 Å². The van der Waals surface area contributed by atoms with Gasteiger partial charge in [0, 0.05) is 32.2 Å². The normalized spacial score (nSPS) is 10.8. The second kappa shape index (κ2) is 9.70. The number of nitrogens with one attached hydrogen (secondary N) is 1. The predicted octanol–water partition coefficient (Wildman–Crippen LogP) is 7.58. The van der Waals surface area contributed by atoms with Gasteiger partial charge in [0.15, 0.2) is 0 Å². The first-order valence-corrected chi connectivity index (χ1v) is 11.6. The third-order valence-electron chi connectivity index (χ3n) is 5.42. The van der Waals surface area contributed by atoms with Crippen LogP contribution in [-0.4, -0.2) is 16.0 Å². The van der Waals surface area contributed by atoms with Crippen LogP contribution in [0.1, 0.15) is 10.4 Å². The molecule has 0 unspecified atom stereocenters. The molecule has 0 fully saturated rings. The quantitative estimate of drug-likeness (QED) is 0.218. The summed E-state index contributed by atoms with van der Waals surface area (Å²) in [4.78, 5) is 18.9. The van der Waals surface area contributed by atoms with Crippen LogP contribution in [0.4, 0.5) is 5.88 Å². The number of aromatic nitrogens is 1. The van der Waals surface area contributed by atoms with E-state index in [1.807, 2.05) is 54.6 Å². The first kappa shape index (κ1) is 22.8. The Hall–Kier alpha value is -4.00. The van der Waals surface area contributed by atoms with E-state index in [1.165, 1.54) is 6.07 Å². The SMILES string of the molecule is O=C(Nc1oc(-c2ccccc2)nc1-c1cccc(S)c1)c1ccccc1-c1ccc(Cl)cc1O. The zero-order chi connectivity index (χ0) is 24.4. The summed E-state index contributed by atoms with van der Waals surface area (Å²) in [5.74, 6) is 0.163. The van der Waals surface area contributed by atoms with E-state index in [4.69, 9.17) is 16.0 Å². The zero-order valence-corrected chi connectivity index (χ0v) is 19.9. The maximum absolute atomic E-state index is 13.5. The minimum absolute atomic E-state index is 0.0185. The number of oxazole rings is 1. The molecule has 1 amide bonds. The third kappa shape index (κ3) is 4.80. The van der Waals surface area contributed by atoms with Crippen LogP contribution in [0.15, 0.2) is 106 Å². The van der Waals surface area contributed by atoms with E-state index < -0.39 is 5.91 Å². The van der Waals surface area contributed by atoms with Crippen LogP contribution in [0.3, 0.4) is 0 Å². The molecular weight excluding hydrogens is 480 g/mol. The minimum Gasteiger partial charge on any atom is -0.507 e. The Balaban J connectivity index is 1.57. The van der Waals surface area contributed by atoms with Crippen molar-refractivity contribution in [1.82, 2.24) is 4.98 Å². The number of rotatable bonds is 5. The molecule has 1 aromatic heterocycles. The highest BCUT2D eigenvalue weighted by molar-refractivity contribution is 7.80. The lowest BCUT2D eigenvalue weighted by Crippen LogP contribution is -2.13. The second-order valence-electron chi connectivity index (χ2n) is 7.77. The molecule has 1 heterocycles. The summed E-state index contributed by atoms with van der Waals surface area (Å²) >= 11 is 10.4. The Morgan fingerprint density at radius 1 is 0.857 bits per heavy atom. The van der Waals surface area contributed by atoms with Crippen LogP contribution < -0.4 is 5.32 Å². The molecule has 35 heavy (non-hydrogen) atoms. The van der Waals surface area contributed by atoms with Crippen molar-refractivity contribution in [2.24, 2.45) is 0 Å². The number of phenols is 1. The minimum atomic E-state index is -0.408. The molecule has 0 radical (unpaired) electrons. The average Bonchev–Trinajstić information content (AvgIpc) is 3.28. The van der Waals surface area contributed by atoms with Gasteiger partial charge in [-0.1, -0.05) is 60.1 Å². The molecule has 0 saturated heterocycles. The fourth-order valence-electron chi connectivity index (χ4n) is 3.78. The number of amides is 1. The maximum atomic E-state index is 13.5. The van der Waals surface area contributed by atoms with Gasteiger partial charge in [-0.3, -0.25) is 10.1 Å². The first-order valence-electron chi connectivity index (χ1n) is 10.7. The fourth-order valence-corrected chi connectivity index (χ4v) is 4.17. The molecule has 7 heteroatoms. The van der Waals surface area contributed by atoms with Gasteiger partial charge in [0.25, 0.3) is 5.91 Å². The standard InChI is InChI=1S/C28H19ClN2O3S/c29-19-13-14-22(24(32)16-19)21-11-4-5-12-23(21)26(33)31-28-25(18-9-6-10-20(35)15-18)30-27(34-28)17-7-2-1-3-8-17/h1-16,32,35H,(H,31,33). The van der Waals surface area contributed by atoms with Gasteiger partial charge in [-0.25, -0.2) is 4.98 Å². The van der Waals surface area contributed by atoms with Crippen LogP contribution in [0, 0.1) is 0 Å². The van der Waals surface area contributed by atoms with Crippen molar-refractivity contribution in [2.75, 3.05) is 5.32 Å². The number of carbonyl (C=O) groups excluding carboxylic acids is 1. The third-order valence-corrected chi connectivity index (χ3v) is 5.93. The van der Waals surface area contributed by atoms with Gasteiger partial charge < -0.3 is 9.52 Å². The van der Waals surface area contributed by atoms with Gasteiger partial charge in [0.05, 0.1) is 0 Å². The van der Waals surface area contributed by atoms with Gasteiger partial charge in [-0.15, -0.1) is 12.6 Å². The lowest BCUT2D eigenvalue weighted by Gasteiger charge is -2.11. The summed E-state index contributed by atoms with van der Waals surface area (Å²) in [6, 6.07) is 28.7. The smallest absolute Gasteiger partial charge is 0.258 e. The Bertz CT molecular complexity index is 1530. The second-order valence-corrected chi connectivity index (χ2v) is 8.73. The molecule has 0 saturated carbocycles. The molecule has 0 aliphatic rings. The van der Waals surface area contributed by atoms with Gasteiger partial charge in [-0.2, -0.15) is 0 Å². The van der Waals surface area contributed by atoms with Crippen molar-refractivity contribution in [1.29, 1.82) is 0 Å². The number of benzene rings is 4. The molecule has 5 nitrogen and oxygen atoms in total. The molecule has 0 spiro atoms. The van der Waals surface area contributed by atoms with Gasteiger partial charge >= 0.3 is 0 Å². The highest BCUT2D eigenvalue weighted by Gasteiger charge is 2.21. The lowest BCUT2D eigenvalue weighted by molar-refractivity contribution is 0.102. The van der Waals surface area contributed by atoms with Crippen molar-refractivity contribution in [3.8, 4) is 39.6 Å². The summed E-state index contributed by atoms with van der Waals surface area (Å²) in [7, 11) is 0. The number of thiol groups is 1. The molecular formula is C28H19ClN2O3S. The van der Waals surface area contributed by atoms with E-state index in [0.717, 1.165) is 16.0 Å². The highest BCUT2D eigenvalue weighted by atomic mass is 35.5. The topological polar surface area (TPSA) is 75.4 Å². The van der Waals surface area contributed by atoms with Crippen molar-refractivity contribution < 1.29 is 14.3 Å². The molecule has 0 atom stereocenters. The molecule has 5 aromatic rings. The van der Waals surface area contributed by atoms with E-state index in [2.05, 4.69) is 22.9 Å². The van der Waals surface area contributed by atoms with E-state index in [9.17, 15) is 9.90 Å². The van der Waals surface area contributed by atoms with Crippen molar-refractivity contribution in [3.05, 3.63) is 108 Å². The Kier molecular flexibility index (Phi) is 6.31. The highest BCUT2D eigenvalue weighted by Crippen LogP contribution is 2.36. The molecule has 0 bridgehead atoms. The summed E-state index contributed by atoms with van der Waals surface area (Å²) in [5, 5.41) is 13.7. The van der Waals surface area contributed by atoms with Crippen LogP contribution in [0.5, 0.6) is 5.75 Å². The number of nitrogens with zero attached hydrogens (tertiary/aromatic N) is 1. The van der Waals surface area contributed by atoms with Crippen LogP contribution in [-0.2, 0) is 0 Å². The number of phenolic OH excluding ortho intramolecular Hbond substituents is 1. The number of hydrogen-bond acceptors (Lipinski definition) is 5. The molecule has 0 aliphatic heterocycles. The summed E-state index contributed by atoms with van der Waals surface area (Å²) in [5.41, 5.74) is 3.42. The Morgan fingerprint density at radius 3 is 2.37 bits per heavy atom. The average molecular weight is 499 g/mol. The Morgan fingerprint density at radius 2 is 1.60 bits per heavy atom. The van der Waals surface area contributed by atoms with Gasteiger partial charge in [-0.05, 0) is 54.1 Å². The number of aromatic hydroxyl groups is 1. The zero-order valence-electron chi connectivity index (χ0n) is 18.3. The Labute approximate surface area is 212 Å². The van der Waals surface area contributed by atoms with Crippen LogP contribution >= 0.6 is 24.2 Å². The molecule has 5 rings (SSSR count). The maximum Gasteiger partial charge on any atom is 0.258 e. The monoisotopic (exact) mass is 498 g/mol. The fraction of sp³-hybridized carbons (Fsp3) is 0. The summed E-state index contributed by atoms with van der Waals surface area (Å²) in [6.45, 7) is 0. The first-order chi connectivity index (χ1) is 17.0. The largest absolute Gasteiger partial charge is 0.507 e. The van der Waals surface area contributed by atoms with Crippen LogP contribution in [0.2, 0.25) is 5.02 Å². The summed E-state index contributed by atoms with van der Waals surface area (Å²) < 4.78 is 6.04. The molecule has 4 aromatic carbocycles.